The zero-order chi connectivity index (χ0) is 20.9. The van der Waals surface area contributed by atoms with Gasteiger partial charge in [0.15, 0.2) is 5.01 Å². The Balaban J connectivity index is 1.10. The minimum atomic E-state index is 0.0251. The summed E-state index contributed by atoms with van der Waals surface area (Å²) < 4.78 is 0. The van der Waals surface area contributed by atoms with Gasteiger partial charge in [0, 0.05) is 80.7 Å². The first-order chi connectivity index (χ1) is 15.2. The second-order valence-electron chi connectivity index (χ2n) is 9.02. The van der Waals surface area contributed by atoms with Crippen molar-refractivity contribution >= 4 is 34.5 Å². The highest BCUT2D eigenvalue weighted by molar-refractivity contribution is 7.11. The van der Waals surface area contributed by atoms with Gasteiger partial charge in [0.05, 0.1) is 0 Å². The number of hydrogen-bond acceptors (Lipinski definition) is 6. The molecule has 8 heteroatoms. The van der Waals surface area contributed by atoms with Crippen molar-refractivity contribution in [2.24, 2.45) is 0 Å². The van der Waals surface area contributed by atoms with Crippen LogP contribution in [0.3, 0.4) is 0 Å². The van der Waals surface area contributed by atoms with Crippen molar-refractivity contribution in [1.29, 1.82) is 0 Å². The van der Waals surface area contributed by atoms with E-state index in [4.69, 9.17) is 0 Å². The van der Waals surface area contributed by atoms with E-state index in [1.807, 2.05) is 15.2 Å². The van der Waals surface area contributed by atoms with Gasteiger partial charge < -0.3 is 14.7 Å². The third kappa shape index (κ3) is 3.51. The number of thiazole rings is 1. The maximum atomic E-state index is 12.9. The molecule has 6 rings (SSSR count). The van der Waals surface area contributed by atoms with Crippen LogP contribution in [0.4, 0.5) is 11.4 Å². The molecule has 1 aromatic carbocycles. The number of aromatic nitrogens is 1. The summed E-state index contributed by atoms with van der Waals surface area (Å²) in [5.74, 6) is 0.237. The molecule has 4 heterocycles. The molecule has 1 unspecified atom stereocenters. The third-order valence-corrected chi connectivity index (χ3v) is 7.89. The van der Waals surface area contributed by atoms with Crippen LogP contribution < -0.4 is 9.80 Å². The van der Waals surface area contributed by atoms with E-state index < -0.39 is 0 Å². The largest absolute Gasteiger partial charge is 0.368 e. The van der Waals surface area contributed by atoms with E-state index >= 15 is 0 Å². The number of carbonyl (C=O) groups is 2. The number of benzene rings is 1. The van der Waals surface area contributed by atoms with E-state index in [2.05, 4.69) is 33.0 Å². The van der Waals surface area contributed by atoms with Crippen molar-refractivity contribution in [2.45, 2.75) is 37.8 Å². The Kier molecular flexibility index (Phi) is 4.72. The molecule has 1 saturated carbocycles. The molecule has 31 heavy (non-hydrogen) atoms. The van der Waals surface area contributed by atoms with Gasteiger partial charge in [0.2, 0.25) is 5.91 Å². The topological polar surface area (TPSA) is 60.0 Å². The molecule has 0 radical (unpaired) electrons. The van der Waals surface area contributed by atoms with Crippen molar-refractivity contribution in [1.82, 2.24) is 14.8 Å². The van der Waals surface area contributed by atoms with Crippen LogP contribution >= 0.6 is 11.3 Å². The van der Waals surface area contributed by atoms with Crippen molar-refractivity contribution in [3.05, 3.63) is 40.3 Å². The lowest BCUT2D eigenvalue weighted by Gasteiger charge is -2.37. The fourth-order valence-corrected chi connectivity index (χ4v) is 5.89. The fraction of sp³-hybridized carbons (Fsp3) is 0.522. The minimum absolute atomic E-state index is 0.0251. The monoisotopic (exact) mass is 437 g/mol. The van der Waals surface area contributed by atoms with E-state index in [1.54, 1.807) is 6.20 Å². The Morgan fingerprint density at radius 1 is 1.06 bits per heavy atom. The second kappa shape index (κ2) is 7.60. The second-order valence-corrected chi connectivity index (χ2v) is 9.91. The van der Waals surface area contributed by atoms with Crippen LogP contribution in [0.15, 0.2) is 29.8 Å². The summed E-state index contributed by atoms with van der Waals surface area (Å²) in [5, 5.41) is 2.40. The Labute approximate surface area is 186 Å². The van der Waals surface area contributed by atoms with Crippen molar-refractivity contribution in [3.8, 4) is 0 Å². The first-order valence-corrected chi connectivity index (χ1v) is 12.2. The van der Waals surface area contributed by atoms with Gasteiger partial charge in [-0.3, -0.25) is 14.5 Å². The lowest BCUT2D eigenvalue weighted by atomic mass is 10.1. The van der Waals surface area contributed by atoms with Crippen molar-refractivity contribution in [2.75, 3.05) is 49.1 Å². The molecular formula is C23H27N5O2S. The number of rotatable bonds is 4. The zero-order valence-electron chi connectivity index (χ0n) is 17.6. The summed E-state index contributed by atoms with van der Waals surface area (Å²) in [4.78, 5) is 38.3. The van der Waals surface area contributed by atoms with Crippen LogP contribution in [0, 0.1) is 0 Å². The average molecular weight is 438 g/mol. The number of anilines is 2. The van der Waals surface area contributed by atoms with Crippen LogP contribution in [0.1, 0.15) is 34.6 Å². The Hall–Kier alpha value is -2.45. The van der Waals surface area contributed by atoms with Crippen LogP contribution in [0.2, 0.25) is 0 Å². The van der Waals surface area contributed by atoms with E-state index in [-0.39, 0.29) is 17.9 Å². The van der Waals surface area contributed by atoms with Gasteiger partial charge in [0.1, 0.15) is 0 Å². The van der Waals surface area contributed by atoms with E-state index in [9.17, 15) is 9.59 Å². The van der Waals surface area contributed by atoms with E-state index in [0.717, 1.165) is 44.3 Å². The Morgan fingerprint density at radius 3 is 2.65 bits per heavy atom. The quantitative estimate of drug-likeness (QED) is 0.734. The lowest BCUT2D eigenvalue weighted by molar-refractivity contribution is -0.117. The predicted molar refractivity (Wildman–Crippen MR) is 121 cm³/mol. The molecule has 2 amide bonds. The minimum Gasteiger partial charge on any atom is -0.368 e. The van der Waals surface area contributed by atoms with Gasteiger partial charge in [0.25, 0.3) is 5.91 Å². The molecule has 162 valence electrons. The van der Waals surface area contributed by atoms with Gasteiger partial charge in [-0.2, -0.15) is 0 Å². The predicted octanol–water partition coefficient (Wildman–Crippen LogP) is 2.23. The first kappa shape index (κ1) is 19.3. The fourth-order valence-electron chi connectivity index (χ4n) is 5.28. The van der Waals surface area contributed by atoms with Crippen LogP contribution in [-0.4, -0.2) is 78.0 Å². The summed E-state index contributed by atoms with van der Waals surface area (Å²) in [5.41, 5.74) is 3.80. The van der Waals surface area contributed by atoms with Crippen LogP contribution in [0.5, 0.6) is 0 Å². The molecule has 4 aliphatic rings. The molecule has 2 saturated heterocycles. The van der Waals surface area contributed by atoms with Crippen LogP contribution in [-0.2, 0) is 11.2 Å². The van der Waals surface area contributed by atoms with Gasteiger partial charge in [-0.1, -0.05) is 0 Å². The normalized spacial score (nSPS) is 24.2. The molecule has 0 N–H and O–H groups in total. The van der Waals surface area contributed by atoms with Crippen molar-refractivity contribution < 1.29 is 9.59 Å². The summed E-state index contributed by atoms with van der Waals surface area (Å²) in [6.45, 7) is 4.86. The highest BCUT2D eigenvalue weighted by Crippen LogP contribution is 2.39. The zero-order valence-corrected chi connectivity index (χ0v) is 18.4. The third-order valence-electron chi connectivity index (χ3n) is 7.13. The molecular weight excluding hydrogens is 410 g/mol. The van der Waals surface area contributed by atoms with Gasteiger partial charge >= 0.3 is 0 Å². The number of piperazine rings is 1. The average Bonchev–Trinajstić information content (AvgIpc) is 3.19. The molecule has 3 aliphatic heterocycles. The number of fused-ring (bicyclic) bond motifs is 1. The van der Waals surface area contributed by atoms with Gasteiger partial charge in [-0.05, 0) is 43.0 Å². The Morgan fingerprint density at radius 2 is 1.90 bits per heavy atom. The smallest absolute Gasteiger partial charge is 0.282 e. The maximum Gasteiger partial charge on any atom is 0.282 e. The maximum absolute atomic E-state index is 12.9. The number of nitrogens with zero attached hydrogens (tertiary/aromatic N) is 5. The molecule has 1 atom stereocenters. The first-order valence-electron chi connectivity index (χ1n) is 11.3. The highest BCUT2D eigenvalue weighted by Gasteiger charge is 2.38. The summed E-state index contributed by atoms with van der Waals surface area (Å²) in [7, 11) is 0. The summed E-state index contributed by atoms with van der Waals surface area (Å²) in [6, 6.07) is 7.55. The number of carbonyl (C=O) groups excluding carboxylic acids is 2. The molecule has 0 bridgehead atoms. The highest BCUT2D eigenvalue weighted by atomic mass is 32.1. The number of hydrogen-bond donors (Lipinski definition) is 0. The van der Waals surface area contributed by atoms with Gasteiger partial charge in [-0.15, -0.1) is 11.3 Å². The van der Waals surface area contributed by atoms with Crippen molar-refractivity contribution in [3.63, 3.8) is 0 Å². The van der Waals surface area contributed by atoms with Gasteiger partial charge in [-0.25, -0.2) is 4.98 Å². The molecule has 3 fully saturated rings. The van der Waals surface area contributed by atoms with E-state index in [0.29, 0.717) is 24.5 Å². The molecule has 2 aromatic rings. The summed E-state index contributed by atoms with van der Waals surface area (Å²) in [6.07, 6.45) is 5.95. The van der Waals surface area contributed by atoms with Crippen LogP contribution in [0.25, 0.3) is 0 Å². The number of amides is 2. The molecule has 0 spiro atoms. The molecule has 7 nitrogen and oxygen atoms in total. The molecule has 1 aliphatic carbocycles. The molecule has 1 aromatic heterocycles. The standard InChI is InChI=1S/C23H27N5O2S/c29-21-14-19(25-8-10-26(11-9-25)23(30)22-24-6-12-31-22)15-28(21)18-3-4-20-16(13-18)5-7-27(20)17-1-2-17/h3-4,6,12-13,17,19H,1-2,5,7-11,14-15H2. The lowest BCUT2D eigenvalue weighted by Crippen LogP contribution is -2.52. The Bertz CT molecular complexity index is 997. The summed E-state index contributed by atoms with van der Waals surface area (Å²) >= 11 is 1.39. The van der Waals surface area contributed by atoms with E-state index in [1.165, 1.54) is 35.4 Å². The SMILES string of the molecule is O=C(c1nccs1)N1CCN(C2CC(=O)N(c3ccc4c(c3)CCN4C3CC3)C2)CC1.